The molecule has 1 saturated heterocycles. The van der Waals surface area contributed by atoms with Gasteiger partial charge in [0, 0.05) is 38.6 Å². The zero-order chi connectivity index (χ0) is 21.7. The average molecular weight is 564 g/mol. The van der Waals surface area contributed by atoms with Gasteiger partial charge in [0.2, 0.25) is 0 Å². The number of alkyl halides is 3. The highest BCUT2D eigenvalue weighted by Gasteiger charge is 2.50. The summed E-state index contributed by atoms with van der Waals surface area (Å²) in [5, 5.41) is 6.36. The minimum Gasteiger partial charge on any atom is -0.496 e. The second-order valence-corrected chi connectivity index (χ2v) is 8.79. The topological polar surface area (TPSA) is 83.0 Å². The van der Waals surface area contributed by atoms with Gasteiger partial charge in [-0.1, -0.05) is 25.1 Å². The highest BCUT2D eigenvalue weighted by Crippen LogP contribution is 2.29. The summed E-state index contributed by atoms with van der Waals surface area (Å²) in [6.07, 6.45) is 0.524. The zero-order valence-electron chi connectivity index (χ0n) is 17.1. The molecule has 172 valence electrons. The molecule has 1 fully saturated rings. The Morgan fingerprint density at radius 3 is 2.43 bits per heavy atom. The van der Waals surface area contributed by atoms with Crippen molar-refractivity contribution in [3.05, 3.63) is 29.8 Å². The fourth-order valence-corrected chi connectivity index (χ4v) is 4.19. The molecule has 30 heavy (non-hydrogen) atoms. The third kappa shape index (κ3) is 6.61. The number of aliphatic imine (C=N–C) groups is 1. The van der Waals surface area contributed by atoms with Crippen LogP contribution in [0.5, 0.6) is 5.75 Å². The van der Waals surface area contributed by atoms with E-state index in [9.17, 15) is 21.6 Å². The zero-order valence-corrected chi connectivity index (χ0v) is 20.2. The molecule has 12 heteroatoms. The molecule has 0 spiro atoms. The monoisotopic (exact) mass is 564 g/mol. The Labute approximate surface area is 192 Å². The summed E-state index contributed by atoms with van der Waals surface area (Å²) in [4.78, 5) is 4.15. The van der Waals surface area contributed by atoms with Gasteiger partial charge in [0.15, 0.2) is 5.96 Å². The third-order valence-corrected chi connectivity index (χ3v) is 6.53. The van der Waals surface area contributed by atoms with E-state index in [-0.39, 0.29) is 61.9 Å². The first-order valence-electron chi connectivity index (χ1n) is 9.26. The number of para-hydroxylation sites is 1. The molecule has 1 aliphatic heterocycles. The summed E-state index contributed by atoms with van der Waals surface area (Å²) in [5.74, 6) is 1.44. The van der Waals surface area contributed by atoms with Crippen LogP contribution in [-0.4, -0.2) is 64.0 Å². The van der Waals surface area contributed by atoms with Crippen LogP contribution in [0.2, 0.25) is 0 Å². The van der Waals surface area contributed by atoms with Gasteiger partial charge in [0.05, 0.1) is 7.11 Å². The molecule has 1 aromatic rings. The van der Waals surface area contributed by atoms with Gasteiger partial charge in [-0.3, -0.25) is 4.99 Å². The van der Waals surface area contributed by atoms with E-state index in [0.29, 0.717) is 16.8 Å². The maximum absolute atomic E-state index is 12.7. The second-order valence-electron chi connectivity index (χ2n) is 6.86. The summed E-state index contributed by atoms with van der Waals surface area (Å²) in [6.45, 7) is 2.24. The SMILES string of the molecule is CN=C(NCC(C)c1ccccc1OC)NC1CCN(S(=O)(=O)C(F)(F)F)CC1.I. The van der Waals surface area contributed by atoms with Crippen molar-refractivity contribution in [2.75, 3.05) is 33.8 Å². The van der Waals surface area contributed by atoms with Gasteiger partial charge in [-0.25, -0.2) is 8.42 Å². The lowest BCUT2D eigenvalue weighted by molar-refractivity contribution is -0.0494. The van der Waals surface area contributed by atoms with E-state index < -0.39 is 15.5 Å². The lowest BCUT2D eigenvalue weighted by Crippen LogP contribution is -2.52. The first kappa shape index (κ1) is 26.8. The second kappa shape index (κ2) is 11.4. The predicted molar refractivity (Wildman–Crippen MR) is 121 cm³/mol. The number of hydrogen-bond donors (Lipinski definition) is 2. The highest BCUT2D eigenvalue weighted by molar-refractivity contribution is 14.0. The lowest BCUT2D eigenvalue weighted by Gasteiger charge is -2.32. The lowest BCUT2D eigenvalue weighted by atomic mass is 10.00. The Kier molecular flexibility index (Phi) is 10.1. The number of nitrogens with zero attached hydrogens (tertiary/aromatic N) is 2. The fraction of sp³-hybridized carbons (Fsp3) is 0.611. The Morgan fingerprint density at radius 2 is 1.90 bits per heavy atom. The number of nitrogens with one attached hydrogen (secondary N) is 2. The molecule has 7 nitrogen and oxygen atoms in total. The Morgan fingerprint density at radius 1 is 1.30 bits per heavy atom. The molecule has 1 atom stereocenters. The molecule has 0 aliphatic carbocycles. The van der Waals surface area contributed by atoms with Crippen LogP contribution in [0, 0.1) is 0 Å². The number of guanidine groups is 1. The molecule has 0 radical (unpaired) electrons. The summed E-state index contributed by atoms with van der Waals surface area (Å²) in [7, 11) is -2.05. The highest BCUT2D eigenvalue weighted by atomic mass is 127. The van der Waals surface area contributed by atoms with E-state index in [4.69, 9.17) is 4.74 Å². The smallest absolute Gasteiger partial charge is 0.496 e. The summed E-state index contributed by atoms with van der Waals surface area (Å²) in [5.41, 5.74) is -4.22. The first-order valence-corrected chi connectivity index (χ1v) is 10.7. The molecule has 0 amide bonds. The quantitative estimate of drug-likeness (QED) is 0.316. The van der Waals surface area contributed by atoms with Crippen molar-refractivity contribution in [3.8, 4) is 5.75 Å². The summed E-state index contributed by atoms with van der Waals surface area (Å²) < 4.78 is 66.8. The number of rotatable bonds is 6. The number of sulfonamides is 1. The summed E-state index contributed by atoms with van der Waals surface area (Å²) in [6, 6.07) is 7.54. The largest absolute Gasteiger partial charge is 0.511 e. The van der Waals surface area contributed by atoms with Crippen LogP contribution in [0.4, 0.5) is 13.2 Å². The van der Waals surface area contributed by atoms with Gasteiger partial charge in [0.1, 0.15) is 5.75 Å². The molecule has 0 aromatic heterocycles. The van der Waals surface area contributed by atoms with E-state index in [1.807, 2.05) is 31.2 Å². The Hall–Kier alpha value is -1.28. The predicted octanol–water partition coefficient (Wildman–Crippen LogP) is 2.90. The fourth-order valence-electron chi connectivity index (χ4n) is 3.21. The van der Waals surface area contributed by atoms with Gasteiger partial charge in [0.25, 0.3) is 0 Å². The molecule has 1 aliphatic rings. The van der Waals surface area contributed by atoms with Crippen LogP contribution in [0.25, 0.3) is 0 Å². The van der Waals surface area contributed by atoms with Crippen molar-refractivity contribution in [2.45, 2.75) is 37.2 Å². The van der Waals surface area contributed by atoms with Crippen LogP contribution < -0.4 is 15.4 Å². The van der Waals surface area contributed by atoms with E-state index in [0.717, 1.165) is 11.3 Å². The van der Waals surface area contributed by atoms with Gasteiger partial charge in [-0.15, -0.1) is 24.0 Å². The van der Waals surface area contributed by atoms with Gasteiger partial charge >= 0.3 is 15.5 Å². The van der Waals surface area contributed by atoms with Gasteiger partial charge in [-0.2, -0.15) is 17.5 Å². The number of ether oxygens (including phenoxy) is 1. The van der Waals surface area contributed by atoms with Crippen LogP contribution in [0.15, 0.2) is 29.3 Å². The number of halogens is 4. The number of methoxy groups -OCH3 is 1. The van der Waals surface area contributed by atoms with E-state index in [2.05, 4.69) is 15.6 Å². The van der Waals surface area contributed by atoms with Crippen molar-refractivity contribution in [1.82, 2.24) is 14.9 Å². The molecular formula is C18H28F3IN4O3S. The van der Waals surface area contributed by atoms with Crippen molar-refractivity contribution in [3.63, 3.8) is 0 Å². The van der Waals surface area contributed by atoms with Crippen LogP contribution in [0.3, 0.4) is 0 Å². The number of benzene rings is 1. The van der Waals surface area contributed by atoms with E-state index >= 15 is 0 Å². The van der Waals surface area contributed by atoms with Crippen LogP contribution in [-0.2, 0) is 10.0 Å². The minimum absolute atomic E-state index is 0. The van der Waals surface area contributed by atoms with Crippen molar-refractivity contribution in [1.29, 1.82) is 0 Å². The molecule has 1 unspecified atom stereocenters. The average Bonchev–Trinajstić information content (AvgIpc) is 2.70. The van der Waals surface area contributed by atoms with Crippen molar-refractivity contribution < 1.29 is 26.3 Å². The number of piperidine rings is 1. The van der Waals surface area contributed by atoms with Crippen LogP contribution >= 0.6 is 24.0 Å². The minimum atomic E-state index is -5.27. The molecule has 1 heterocycles. The van der Waals surface area contributed by atoms with Gasteiger partial charge in [-0.05, 0) is 24.5 Å². The third-order valence-electron chi connectivity index (χ3n) is 4.90. The maximum atomic E-state index is 12.7. The van der Waals surface area contributed by atoms with E-state index in [1.54, 1.807) is 14.2 Å². The van der Waals surface area contributed by atoms with Crippen molar-refractivity contribution >= 4 is 40.0 Å². The van der Waals surface area contributed by atoms with Crippen LogP contribution in [0.1, 0.15) is 31.2 Å². The molecule has 2 N–H and O–H groups in total. The standard InChI is InChI=1S/C18H27F3N4O3S.HI/c1-13(15-6-4-5-7-16(15)28-3)12-23-17(22-2)24-14-8-10-25(11-9-14)29(26,27)18(19,20)21;/h4-7,13-14H,8-12H2,1-3H3,(H2,22,23,24);1H. The summed E-state index contributed by atoms with van der Waals surface area (Å²) >= 11 is 0. The molecule has 2 rings (SSSR count). The number of hydrogen-bond acceptors (Lipinski definition) is 4. The molecule has 0 saturated carbocycles. The molecule has 0 bridgehead atoms. The maximum Gasteiger partial charge on any atom is 0.511 e. The Balaban J connectivity index is 0.00000450. The Bertz CT molecular complexity index is 813. The first-order chi connectivity index (χ1) is 13.6. The molecule has 1 aromatic carbocycles. The normalized spacial score (nSPS) is 17.7. The van der Waals surface area contributed by atoms with E-state index in [1.165, 1.54) is 0 Å². The molecular weight excluding hydrogens is 536 g/mol. The van der Waals surface area contributed by atoms with Crippen molar-refractivity contribution in [2.24, 2.45) is 4.99 Å². The van der Waals surface area contributed by atoms with Gasteiger partial charge < -0.3 is 15.4 Å².